The summed E-state index contributed by atoms with van der Waals surface area (Å²) in [5.74, 6) is 1.16. The summed E-state index contributed by atoms with van der Waals surface area (Å²) in [5.41, 5.74) is 0. The summed E-state index contributed by atoms with van der Waals surface area (Å²) in [7, 11) is 0. The third-order valence-corrected chi connectivity index (χ3v) is 2.35. The molecule has 2 nitrogen and oxygen atoms in total. The highest BCUT2D eigenvalue weighted by atomic mass is 35.5. The smallest absolute Gasteiger partial charge is 0.223 e. The van der Waals surface area contributed by atoms with Gasteiger partial charge in [-0.1, -0.05) is 6.42 Å². The third-order valence-electron chi connectivity index (χ3n) is 2.09. The second-order valence-corrected chi connectivity index (χ2v) is 3.34. The molecule has 1 saturated carbocycles. The number of alkyl halides is 1. The maximum atomic E-state index is 11.1. The van der Waals surface area contributed by atoms with E-state index in [9.17, 15) is 4.79 Å². The predicted octanol–water partition coefficient (Wildman–Crippen LogP) is 1.53. The maximum Gasteiger partial charge on any atom is 0.223 e. The molecule has 1 fully saturated rings. The zero-order valence-corrected chi connectivity index (χ0v) is 7.36. The molecule has 1 aliphatic rings. The third kappa shape index (κ3) is 2.70. The van der Waals surface area contributed by atoms with Gasteiger partial charge in [0.05, 0.1) is 0 Å². The van der Waals surface area contributed by atoms with Crippen molar-refractivity contribution in [2.75, 3.05) is 12.4 Å². The number of halogens is 1. The Labute approximate surface area is 72.3 Å². The van der Waals surface area contributed by atoms with Crippen LogP contribution in [0.2, 0.25) is 0 Å². The van der Waals surface area contributed by atoms with E-state index in [1.807, 2.05) is 0 Å². The summed E-state index contributed by atoms with van der Waals surface area (Å²) in [6, 6.07) is 0. The van der Waals surface area contributed by atoms with Crippen molar-refractivity contribution in [1.82, 2.24) is 5.32 Å². The van der Waals surface area contributed by atoms with Gasteiger partial charge >= 0.3 is 0 Å². The number of rotatable bonds is 4. The van der Waals surface area contributed by atoms with Crippen LogP contribution in [0.15, 0.2) is 0 Å². The molecule has 0 heterocycles. The van der Waals surface area contributed by atoms with Crippen LogP contribution >= 0.6 is 11.6 Å². The minimum atomic E-state index is 0.223. The molecule has 0 unspecified atom stereocenters. The summed E-state index contributed by atoms with van der Waals surface area (Å²) < 4.78 is 0. The molecule has 0 aliphatic heterocycles. The highest BCUT2D eigenvalue weighted by Gasteiger charge is 2.24. The first-order chi connectivity index (χ1) is 5.34. The van der Waals surface area contributed by atoms with Gasteiger partial charge in [-0.05, 0) is 19.3 Å². The van der Waals surface area contributed by atoms with Crippen LogP contribution in [0.5, 0.6) is 0 Å². The van der Waals surface area contributed by atoms with Crippen molar-refractivity contribution in [3.8, 4) is 0 Å². The van der Waals surface area contributed by atoms with E-state index >= 15 is 0 Å². The van der Waals surface area contributed by atoms with Gasteiger partial charge in [-0.2, -0.15) is 0 Å². The van der Waals surface area contributed by atoms with E-state index < -0.39 is 0 Å². The van der Waals surface area contributed by atoms with Crippen LogP contribution in [0.3, 0.4) is 0 Å². The lowest BCUT2D eigenvalue weighted by molar-refractivity contribution is -0.127. The monoisotopic (exact) mass is 175 g/mol. The van der Waals surface area contributed by atoms with E-state index in [0.29, 0.717) is 11.8 Å². The Kier molecular flexibility index (Phi) is 3.70. The van der Waals surface area contributed by atoms with Crippen LogP contribution in [0, 0.1) is 5.92 Å². The highest BCUT2D eigenvalue weighted by Crippen LogP contribution is 2.25. The molecule has 1 aliphatic carbocycles. The predicted molar refractivity (Wildman–Crippen MR) is 45.7 cm³/mol. The number of carbonyl (C=O) groups is 1. The van der Waals surface area contributed by atoms with Crippen molar-refractivity contribution in [3.63, 3.8) is 0 Å². The zero-order valence-electron chi connectivity index (χ0n) is 6.61. The van der Waals surface area contributed by atoms with Gasteiger partial charge in [0.1, 0.15) is 0 Å². The Bertz CT molecular complexity index is 134. The second-order valence-electron chi connectivity index (χ2n) is 2.96. The van der Waals surface area contributed by atoms with Crippen LogP contribution in [-0.2, 0) is 4.79 Å². The Morgan fingerprint density at radius 3 is 2.73 bits per heavy atom. The van der Waals surface area contributed by atoms with Gasteiger partial charge in [0.25, 0.3) is 0 Å². The first kappa shape index (κ1) is 8.85. The molecule has 64 valence electrons. The number of nitrogens with one attached hydrogen (secondary N) is 1. The van der Waals surface area contributed by atoms with E-state index in [1.165, 1.54) is 6.42 Å². The molecule has 0 spiro atoms. The number of hydrogen-bond acceptors (Lipinski definition) is 1. The van der Waals surface area contributed by atoms with Crippen molar-refractivity contribution in [1.29, 1.82) is 0 Å². The quantitative estimate of drug-likeness (QED) is 0.510. The van der Waals surface area contributed by atoms with Gasteiger partial charge in [-0.3, -0.25) is 4.79 Å². The average Bonchev–Trinajstić information content (AvgIpc) is 1.84. The van der Waals surface area contributed by atoms with Gasteiger partial charge in [-0.15, -0.1) is 11.6 Å². The van der Waals surface area contributed by atoms with Gasteiger partial charge in [0.15, 0.2) is 0 Å². The molecule has 1 N–H and O–H groups in total. The molecule has 0 bridgehead atoms. The fraction of sp³-hybridized carbons (Fsp3) is 0.875. The number of carbonyl (C=O) groups excluding carboxylic acids is 1. The number of hydrogen-bond donors (Lipinski definition) is 1. The molecule has 0 saturated heterocycles. The number of amides is 1. The van der Waals surface area contributed by atoms with E-state index in [4.69, 9.17) is 11.6 Å². The fourth-order valence-electron chi connectivity index (χ4n) is 1.09. The topological polar surface area (TPSA) is 29.1 Å². The van der Waals surface area contributed by atoms with Crippen LogP contribution in [0.1, 0.15) is 25.7 Å². The first-order valence-corrected chi connectivity index (χ1v) is 4.71. The van der Waals surface area contributed by atoms with E-state index in [2.05, 4.69) is 5.32 Å². The molecular formula is C8H14ClNO. The SMILES string of the molecule is O=C(NCCCCl)C1CCC1. The van der Waals surface area contributed by atoms with Gasteiger partial charge in [0, 0.05) is 18.3 Å². The van der Waals surface area contributed by atoms with Gasteiger partial charge in [0.2, 0.25) is 5.91 Å². The van der Waals surface area contributed by atoms with E-state index in [1.54, 1.807) is 0 Å². The summed E-state index contributed by atoms with van der Waals surface area (Å²) in [6.07, 6.45) is 4.24. The Balaban J connectivity index is 2.01. The lowest BCUT2D eigenvalue weighted by atomic mass is 9.85. The normalized spacial score (nSPS) is 17.5. The van der Waals surface area contributed by atoms with Crippen molar-refractivity contribution in [2.24, 2.45) is 5.92 Å². The Morgan fingerprint density at radius 1 is 1.55 bits per heavy atom. The molecule has 3 heteroatoms. The first-order valence-electron chi connectivity index (χ1n) is 4.18. The highest BCUT2D eigenvalue weighted by molar-refractivity contribution is 6.17. The van der Waals surface area contributed by atoms with Crippen LogP contribution < -0.4 is 5.32 Å². The molecule has 11 heavy (non-hydrogen) atoms. The second kappa shape index (κ2) is 4.60. The zero-order chi connectivity index (χ0) is 8.10. The van der Waals surface area contributed by atoms with Crippen molar-refractivity contribution < 1.29 is 4.79 Å². The summed E-state index contributed by atoms with van der Waals surface area (Å²) in [4.78, 5) is 11.1. The van der Waals surface area contributed by atoms with Crippen molar-refractivity contribution >= 4 is 17.5 Å². The molecular weight excluding hydrogens is 162 g/mol. The molecule has 0 aromatic carbocycles. The van der Waals surface area contributed by atoms with Crippen LogP contribution in [0.25, 0.3) is 0 Å². The molecule has 1 rings (SSSR count). The standard InChI is InChI=1S/C8H14ClNO/c9-5-2-6-10-8(11)7-3-1-4-7/h7H,1-6H2,(H,10,11). The molecule has 0 radical (unpaired) electrons. The largest absolute Gasteiger partial charge is 0.356 e. The minimum absolute atomic E-state index is 0.223. The minimum Gasteiger partial charge on any atom is -0.356 e. The Morgan fingerprint density at radius 2 is 2.27 bits per heavy atom. The molecule has 0 aromatic heterocycles. The van der Waals surface area contributed by atoms with Crippen molar-refractivity contribution in [3.05, 3.63) is 0 Å². The average molecular weight is 176 g/mol. The summed E-state index contributed by atoms with van der Waals surface area (Å²) in [6.45, 7) is 0.735. The molecule has 0 aromatic rings. The lowest BCUT2D eigenvalue weighted by Crippen LogP contribution is -2.35. The van der Waals surface area contributed by atoms with E-state index in [-0.39, 0.29) is 5.91 Å². The van der Waals surface area contributed by atoms with Gasteiger partial charge in [-0.25, -0.2) is 0 Å². The molecule has 1 amide bonds. The van der Waals surface area contributed by atoms with E-state index in [0.717, 1.165) is 25.8 Å². The summed E-state index contributed by atoms with van der Waals surface area (Å²) in [5, 5.41) is 2.86. The molecule has 0 atom stereocenters. The fourth-order valence-corrected chi connectivity index (χ4v) is 1.23. The maximum absolute atomic E-state index is 11.1. The van der Waals surface area contributed by atoms with Gasteiger partial charge < -0.3 is 5.32 Å². The lowest BCUT2D eigenvalue weighted by Gasteiger charge is -2.23. The van der Waals surface area contributed by atoms with Crippen LogP contribution in [-0.4, -0.2) is 18.3 Å². The van der Waals surface area contributed by atoms with Crippen LogP contribution in [0.4, 0.5) is 0 Å². The summed E-state index contributed by atoms with van der Waals surface area (Å²) >= 11 is 5.46. The van der Waals surface area contributed by atoms with Crippen molar-refractivity contribution in [2.45, 2.75) is 25.7 Å². The Hall–Kier alpha value is -0.240.